The molecule has 0 spiro atoms. The first-order valence-electron chi connectivity index (χ1n) is 4.35. The summed E-state index contributed by atoms with van der Waals surface area (Å²) in [7, 11) is 0. The third-order valence-electron chi connectivity index (χ3n) is 2.39. The SMILES string of the molecule is O=[N+]([O-])c1c(F)ccc2c1CNCC2. The van der Waals surface area contributed by atoms with Gasteiger partial charge in [-0.2, -0.15) is 4.39 Å². The first-order chi connectivity index (χ1) is 6.70. The molecule has 5 heteroatoms. The Labute approximate surface area is 79.9 Å². The molecule has 74 valence electrons. The molecule has 1 aromatic carbocycles. The maximum Gasteiger partial charge on any atom is 0.309 e. The number of nitrogens with zero attached hydrogens (tertiary/aromatic N) is 1. The van der Waals surface area contributed by atoms with Gasteiger partial charge in [-0.1, -0.05) is 6.07 Å². The molecule has 0 atom stereocenters. The van der Waals surface area contributed by atoms with E-state index in [1.54, 1.807) is 6.07 Å². The molecule has 0 aromatic heterocycles. The van der Waals surface area contributed by atoms with Crippen LogP contribution in [0.4, 0.5) is 10.1 Å². The van der Waals surface area contributed by atoms with E-state index in [1.807, 2.05) is 0 Å². The molecule has 0 saturated heterocycles. The van der Waals surface area contributed by atoms with Crippen molar-refractivity contribution in [2.24, 2.45) is 0 Å². The van der Waals surface area contributed by atoms with Gasteiger partial charge in [-0.05, 0) is 24.6 Å². The van der Waals surface area contributed by atoms with Crippen LogP contribution in [0.15, 0.2) is 12.1 Å². The van der Waals surface area contributed by atoms with E-state index in [-0.39, 0.29) is 5.69 Å². The largest absolute Gasteiger partial charge is 0.312 e. The molecule has 1 aliphatic rings. The highest BCUT2D eigenvalue weighted by molar-refractivity contribution is 5.47. The van der Waals surface area contributed by atoms with E-state index in [0.29, 0.717) is 12.1 Å². The lowest BCUT2D eigenvalue weighted by atomic mass is 9.99. The fourth-order valence-electron chi connectivity index (χ4n) is 1.71. The van der Waals surface area contributed by atoms with Crippen molar-refractivity contribution in [3.63, 3.8) is 0 Å². The lowest BCUT2D eigenvalue weighted by Gasteiger charge is -2.16. The molecule has 0 bridgehead atoms. The Bertz CT molecular complexity index is 393. The number of hydrogen-bond acceptors (Lipinski definition) is 3. The number of nitro benzene ring substituents is 1. The first kappa shape index (κ1) is 9.08. The Kier molecular flexibility index (Phi) is 2.17. The van der Waals surface area contributed by atoms with Crippen molar-refractivity contribution in [3.8, 4) is 0 Å². The van der Waals surface area contributed by atoms with Crippen LogP contribution in [0.5, 0.6) is 0 Å². The average Bonchev–Trinajstić information content (AvgIpc) is 2.17. The van der Waals surface area contributed by atoms with E-state index in [9.17, 15) is 14.5 Å². The standard InChI is InChI=1S/C9H9FN2O2/c10-8-2-1-6-3-4-11-5-7(6)9(8)12(13)14/h1-2,11H,3-5H2. The highest BCUT2D eigenvalue weighted by Crippen LogP contribution is 2.27. The van der Waals surface area contributed by atoms with Gasteiger partial charge in [-0.15, -0.1) is 0 Å². The third kappa shape index (κ3) is 1.35. The zero-order valence-corrected chi connectivity index (χ0v) is 7.42. The van der Waals surface area contributed by atoms with Crippen LogP contribution in [0.25, 0.3) is 0 Å². The highest BCUT2D eigenvalue weighted by Gasteiger charge is 2.24. The molecular formula is C9H9FN2O2. The van der Waals surface area contributed by atoms with Gasteiger partial charge < -0.3 is 5.32 Å². The van der Waals surface area contributed by atoms with Crippen LogP contribution >= 0.6 is 0 Å². The summed E-state index contributed by atoms with van der Waals surface area (Å²) >= 11 is 0. The normalized spacial score (nSPS) is 14.9. The van der Waals surface area contributed by atoms with Gasteiger partial charge in [0, 0.05) is 6.54 Å². The molecule has 0 radical (unpaired) electrons. The number of benzene rings is 1. The van der Waals surface area contributed by atoms with Gasteiger partial charge in [0.05, 0.1) is 10.5 Å². The summed E-state index contributed by atoms with van der Waals surface area (Å²) < 4.78 is 13.2. The lowest BCUT2D eigenvalue weighted by Crippen LogP contribution is -2.24. The fraction of sp³-hybridized carbons (Fsp3) is 0.333. The number of halogens is 1. The summed E-state index contributed by atoms with van der Waals surface area (Å²) in [6.07, 6.45) is 0.719. The maximum atomic E-state index is 13.2. The molecule has 2 rings (SSSR count). The van der Waals surface area contributed by atoms with E-state index in [4.69, 9.17) is 0 Å². The monoisotopic (exact) mass is 196 g/mol. The second-order valence-electron chi connectivity index (χ2n) is 3.22. The topological polar surface area (TPSA) is 55.2 Å². The molecule has 4 nitrogen and oxygen atoms in total. The summed E-state index contributed by atoms with van der Waals surface area (Å²) in [5, 5.41) is 13.6. The number of nitrogens with one attached hydrogen (secondary N) is 1. The molecule has 0 aliphatic carbocycles. The lowest BCUT2D eigenvalue weighted by molar-refractivity contribution is -0.388. The predicted molar refractivity (Wildman–Crippen MR) is 48.5 cm³/mol. The van der Waals surface area contributed by atoms with E-state index < -0.39 is 10.7 Å². The number of nitro groups is 1. The Balaban J connectivity index is 2.60. The van der Waals surface area contributed by atoms with Crippen molar-refractivity contribution < 1.29 is 9.31 Å². The van der Waals surface area contributed by atoms with Crippen molar-refractivity contribution in [3.05, 3.63) is 39.2 Å². The zero-order chi connectivity index (χ0) is 10.1. The van der Waals surface area contributed by atoms with Gasteiger partial charge in [0.25, 0.3) is 0 Å². The Hall–Kier alpha value is -1.49. The minimum absolute atomic E-state index is 0.378. The van der Waals surface area contributed by atoms with Crippen LogP contribution < -0.4 is 5.32 Å². The molecule has 0 amide bonds. The van der Waals surface area contributed by atoms with Crippen molar-refractivity contribution in [1.29, 1.82) is 0 Å². The fourth-order valence-corrected chi connectivity index (χ4v) is 1.71. The van der Waals surface area contributed by atoms with Gasteiger partial charge in [0.15, 0.2) is 0 Å². The number of fused-ring (bicyclic) bond motifs is 1. The van der Waals surface area contributed by atoms with Gasteiger partial charge in [0.1, 0.15) is 0 Å². The van der Waals surface area contributed by atoms with Gasteiger partial charge in [-0.3, -0.25) is 10.1 Å². The third-order valence-corrected chi connectivity index (χ3v) is 2.39. The quantitative estimate of drug-likeness (QED) is 0.545. The van der Waals surface area contributed by atoms with Crippen LogP contribution in [0.2, 0.25) is 0 Å². The molecule has 1 N–H and O–H groups in total. The Morgan fingerprint density at radius 1 is 1.50 bits per heavy atom. The Morgan fingerprint density at radius 3 is 3.00 bits per heavy atom. The Morgan fingerprint density at radius 2 is 2.29 bits per heavy atom. The van der Waals surface area contributed by atoms with Crippen LogP contribution in [0.3, 0.4) is 0 Å². The van der Waals surface area contributed by atoms with E-state index in [2.05, 4.69) is 5.32 Å². The number of hydrogen-bond donors (Lipinski definition) is 1. The predicted octanol–water partition coefficient (Wildman–Crippen LogP) is 1.38. The van der Waals surface area contributed by atoms with E-state index in [0.717, 1.165) is 18.5 Å². The van der Waals surface area contributed by atoms with Gasteiger partial charge >= 0.3 is 5.69 Å². The summed E-state index contributed by atoms with van der Waals surface area (Å²) in [6.45, 7) is 1.17. The van der Waals surface area contributed by atoms with Crippen LogP contribution in [-0.2, 0) is 13.0 Å². The maximum absolute atomic E-state index is 13.2. The zero-order valence-electron chi connectivity index (χ0n) is 7.42. The van der Waals surface area contributed by atoms with Gasteiger partial charge in [0.2, 0.25) is 5.82 Å². The van der Waals surface area contributed by atoms with E-state index in [1.165, 1.54) is 6.07 Å². The van der Waals surface area contributed by atoms with Gasteiger partial charge in [-0.25, -0.2) is 0 Å². The van der Waals surface area contributed by atoms with Crippen molar-refractivity contribution in [2.75, 3.05) is 6.54 Å². The van der Waals surface area contributed by atoms with E-state index >= 15 is 0 Å². The second kappa shape index (κ2) is 3.34. The molecule has 0 unspecified atom stereocenters. The van der Waals surface area contributed by atoms with Crippen LogP contribution in [0.1, 0.15) is 11.1 Å². The minimum atomic E-state index is -0.752. The summed E-state index contributed by atoms with van der Waals surface area (Å²) in [6, 6.07) is 2.79. The molecule has 1 heterocycles. The van der Waals surface area contributed by atoms with Crippen molar-refractivity contribution >= 4 is 5.69 Å². The minimum Gasteiger partial charge on any atom is -0.312 e. The second-order valence-corrected chi connectivity index (χ2v) is 3.22. The summed E-state index contributed by atoms with van der Waals surface area (Å²) in [5.74, 6) is -0.752. The molecule has 0 fully saturated rings. The molecule has 0 saturated carbocycles. The molecule has 1 aliphatic heterocycles. The average molecular weight is 196 g/mol. The van der Waals surface area contributed by atoms with Crippen molar-refractivity contribution in [1.82, 2.24) is 5.32 Å². The molecular weight excluding hydrogens is 187 g/mol. The highest BCUT2D eigenvalue weighted by atomic mass is 19.1. The number of rotatable bonds is 1. The molecule has 14 heavy (non-hydrogen) atoms. The van der Waals surface area contributed by atoms with Crippen LogP contribution in [-0.4, -0.2) is 11.5 Å². The summed E-state index contributed by atoms with van der Waals surface area (Å²) in [5.41, 5.74) is 0.979. The van der Waals surface area contributed by atoms with Crippen LogP contribution in [0, 0.1) is 15.9 Å². The molecule has 1 aromatic rings. The first-order valence-corrected chi connectivity index (χ1v) is 4.35. The smallest absolute Gasteiger partial charge is 0.309 e. The van der Waals surface area contributed by atoms with Crippen molar-refractivity contribution in [2.45, 2.75) is 13.0 Å². The summed E-state index contributed by atoms with van der Waals surface area (Å²) in [4.78, 5) is 9.98.